The van der Waals surface area contributed by atoms with Gasteiger partial charge in [-0.1, -0.05) is 18.5 Å². The van der Waals surface area contributed by atoms with Crippen LogP contribution in [0, 0.1) is 0 Å². The quantitative estimate of drug-likeness (QED) is 0.829. The van der Waals surface area contributed by atoms with Crippen LogP contribution >= 0.6 is 23.4 Å². The van der Waals surface area contributed by atoms with Crippen molar-refractivity contribution in [2.75, 3.05) is 38.8 Å². The minimum Gasteiger partial charge on any atom is -0.381 e. The summed E-state index contributed by atoms with van der Waals surface area (Å²) in [7, 11) is 3.90. The molecule has 108 valence electrons. The smallest absolute Gasteiger partial charge is 0.287 e. The van der Waals surface area contributed by atoms with E-state index < -0.39 is 0 Å². The number of halogens is 1. The van der Waals surface area contributed by atoms with E-state index in [0.29, 0.717) is 17.5 Å². The second-order valence-electron chi connectivity index (χ2n) is 4.63. The third-order valence-electron chi connectivity index (χ3n) is 2.73. The lowest BCUT2D eigenvalue weighted by molar-refractivity contribution is 0.367. The lowest BCUT2D eigenvalue weighted by Crippen LogP contribution is -2.29. The van der Waals surface area contributed by atoms with Crippen molar-refractivity contribution >= 4 is 29.1 Å². The van der Waals surface area contributed by atoms with Gasteiger partial charge in [0.15, 0.2) is 0 Å². The number of nitrogens with one attached hydrogen (secondary N) is 1. The molecule has 0 spiro atoms. The molecule has 0 aliphatic rings. The minimum absolute atomic E-state index is 0.210. The van der Waals surface area contributed by atoms with E-state index in [2.05, 4.69) is 17.3 Å². The molecule has 0 bridgehead atoms. The van der Waals surface area contributed by atoms with Gasteiger partial charge in [0.2, 0.25) is 0 Å². The Morgan fingerprint density at radius 3 is 2.84 bits per heavy atom. The van der Waals surface area contributed by atoms with Crippen LogP contribution in [0.1, 0.15) is 6.92 Å². The van der Waals surface area contributed by atoms with Crippen LogP contribution in [0.5, 0.6) is 0 Å². The largest absolute Gasteiger partial charge is 0.381 e. The predicted molar refractivity (Wildman–Crippen MR) is 83.5 cm³/mol. The highest BCUT2D eigenvalue weighted by Crippen LogP contribution is 2.16. The van der Waals surface area contributed by atoms with Gasteiger partial charge in [-0.05, 0) is 20.4 Å². The van der Waals surface area contributed by atoms with E-state index >= 15 is 0 Å². The standard InChI is InChI=1S/C12H21ClN4OS/c1-9(19-4)7-14-10-8-15-17(6-5-16(2)3)12(18)11(10)13/h8-9,14H,5-7H2,1-4H3. The number of rotatable bonds is 7. The Labute approximate surface area is 123 Å². The molecule has 1 N–H and O–H groups in total. The van der Waals surface area contributed by atoms with Gasteiger partial charge in [0.1, 0.15) is 5.02 Å². The minimum atomic E-state index is -0.245. The van der Waals surface area contributed by atoms with Crippen molar-refractivity contribution in [2.45, 2.75) is 18.7 Å². The predicted octanol–water partition coefficient (Wildman–Crippen LogP) is 1.62. The maximum Gasteiger partial charge on any atom is 0.287 e. The third-order valence-corrected chi connectivity index (χ3v) is 4.06. The fourth-order valence-corrected chi connectivity index (χ4v) is 1.84. The number of anilines is 1. The first-order valence-electron chi connectivity index (χ1n) is 6.12. The molecule has 0 aliphatic heterocycles. The molecular weight excluding hydrogens is 284 g/mol. The highest BCUT2D eigenvalue weighted by molar-refractivity contribution is 7.99. The van der Waals surface area contributed by atoms with Crippen molar-refractivity contribution in [1.29, 1.82) is 0 Å². The summed E-state index contributed by atoms with van der Waals surface area (Å²) in [5.41, 5.74) is 0.360. The van der Waals surface area contributed by atoms with Crippen LogP contribution < -0.4 is 10.9 Å². The van der Waals surface area contributed by atoms with Gasteiger partial charge in [0.25, 0.3) is 5.56 Å². The molecule has 0 radical (unpaired) electrons. The number of likely N-dealkylation sites (N-methyl/N-ethyl adjacent to an activating group) is 1. The highest BCUT2D eigenvalue weighted by Gasteiger charge is 2.10. The molecule has 19 heavy (non-hydrogen) atoms. The number of thioether (sulfide) groups is 1. The van der Waals surface area contributed by atoms with Crippen LogP contribution in [-0.4, -0.2) is 53.4 Å². The molecule has 5 nitrogen and oxygen atoms in total. The molecule has 1 heterocycles. The maximum absolute atomic E-state index is 12.0. The number of aromatic nitrogens is 2. The van der Waals surface area contributed by atoms with Crippen molar-refractivity contribution in [3.63, 3.8) is 0 Å². The Morgan fingerprint density at radius 2 is 2.26 bits per heavy atom. The van der Waals surface area contributed by atoms with E-state index in [9.17, 15) is 4.79 Å². The summed E-state index contributed by atoms with van der Waals surface area (Å²) < 4.78 is 1.39. The Morgan fingerprint density at radius 1 is 1.58 bits per heavy atom. The van der Waals surface area contributed by atoms with Gasteiger partial charge in [-0.3, -0.25) is 4.79 Å². The molecule has 0 aromatic carbocycles. The van der Waals surface area contributed by atoms with Crippen molar-refractivity contribution in [3.8, 4) is 0 Å². The molecule has 0 amide bonds. The molecule has 0 aliphatic carbocycles. The lowest BCUT2D eigenvalue weighted by atomic mass is 10.4. The molecular formula is C12H21ClN4OS. The molecule has 7 heteroatoms. The Bertz CT molecular complexity index is 464. The van der Waals surface area contributed by atoms with E-state index in [4.69, 9.17) is 11.6 Å². The van der Waals surface area contributed by atoms with E-state index in [0.717, 1.165) is 13.1 Å². The molecule has 1 aromatic heterocycles. The monoisotopic (exact) mass is 304 g/mol. The topological polar surface area (TPSA) is 50.2 Å². The fraction of sp³-hybridized carbons (Fsp3) is 0.667. The summed E-state index contributed by atoms with van der Waals surface area (Å²) in [5.74, 6) is 0. The van der Waals surface area contributed by atoms with E-state index in [1.807, 2.05) is 25.3 Å². The maximum atomic E-state index is 12.0. The summed E-state index contributed by atoms with van der Waals surface area (Å²) in [4.78, 5) is 14.0. The Kier molecular flexibility index (Phi) is 6.68. The first kappa shape index (κ1) is 16.3. The number of hydrogen-bond acceptors (Lipinski definition) is 5. The molecule has 0 saturated carbocycles. The van der Waals surface area contributed by atoms with Crippen LogP contribution in [0.2, 0.25) is 5.02 Å². The number of hydrogen-bond donors (Lipinski definition) is 1. The normalized spacial score (nSPS) is 12.7. The van der Waals surface area contributed by atoms with Crippen LogP contribution in [0.25, 0.3) is 0 Å². The van der Waals surface area contributed by atoms with Gasteiger partial charge in [0.05, 0.1) is 18.4 Å². The highest BCUT2D eigenvalue weighted by atomic mass is 35.5. The van der Waals surface area contributed by atoms with Gasteiger partial charge in [-0.15, -0.1) is 0 Å². The summed E-state index contributed by atoms with van der Waals surface area (Å²) in [5, 5.41) is 7.96. The average Bonchev–Trinajstić information content (AvgIpc) is 2.38. The van der Waals surface area contributed by atoms with E-state index in [1.165, 1.54) is 4.68 Å². The Hall–Kier alpha value is -0.720. The molecule has 1 unspecified atom stereocenters. The first-order chi connectivity index (χ1) is 8.95. The van der Waals surface area contributed by atoms with Gasteiger partial charge < -0.3 is 10.2 Å². The summed E-state index contributed by atoms with van der Waals surface area (Å²) >= 11 is 7.84. The zero-order valence-corrected chi connectivity index (χ0v) is 13.4. The number of nitrogens with zero attached hydrogens (tertiary/aromatic N) is 3. The third kappa shape index (κ3) is 5.04. The summed E-state index contributed by atoms with van der Waals surface area (Å²) in [6.45, 7) is 4.15. The second-order valence-corrected chi connectivity index (χ2v) is 6.29. The van der Waals surface area contributed by atoms with E-state index in [1.54, 1.807) is 18.0 Å². The van der Waals surface area contributed by atoms with Crippen LogP contribution in [0.3, 0.4) is 0 Å². The SMILES string of the molecule is CSC(C)CNc1cnn(CCN(C)C)c(=O)c1Cl. The van der Waals surface area contributed by atoms with Crippen molar-refractivity contribution in [2.24, 2.45) is 0 Å². The van der Waals surface area contributed by atoms with Gasteiger partial charge in [-0.25, -0.2) is 4.68 Å². The molecule has 1 atom stereocenters. The van der Waals surface area contributed by atoms with Gasteiger partial charge >= 0.3 is 0 Å². The van der Waals surface area contributed by atoms with Crippen molar-refractivity contribution in [1.82, 2.24) is 14.7 Å². The van der Waals surface area contributed by atoms with Crippen LogP contribution in [0.15, 0.2) is 11.0 Å². The zero-order valence-electron chi connectivity index (χ0n) is 11.8. The lowest BCUT2D eigenvalue weighted by Gasteiger charge is -2.14. The zero-order chi connectivity index (χ0) is 14.4. The second kappa shape index (κ2) is 7.77. The first-order valence-corrected chi connectivity index (χ1v) is 7.79. The van der Waals surface area contributed by atoms with Crippen LogP contribution in [0.4, 0.5) is 5.69 Å². The van der Waals surface area contributed by atoms with Crippen LogP contribution in [-0.2, 0) is 6.54 Å². The Balaban J connectivity index is 2.77. The summed E-state index contributed by atoms with van der Waals surface area (Å²) in [6.07, 6.45) is 3.66. The van der Waals surface area contributed by atoms with Crippen molar-refractivity contribution in [3.05, 3.63) is 21.6 Å². The molecule has 0 saturated heterocycles. The van der Waals surface area contributed by atoms with Crippen molar-refractivity contribution < 1.29 is 0 Å². The summed E-state index contributed by atoms with van der Waals surface area (Å²) in [6, 6.07) is 0. The van der Waals surface area contributed by atoms with Gasteiger partial charge in [0, 0.05) is 18.3 Å². The van der Waals surface area contributed by atoms with Gasteiger partial charge in [-0.2, -0.15) is 16.9 Å². The molecule has 0 fully saturated rings. The average molecular weight is 305 g/mol. The van der Waals surface area contributed by atoms with E-state index in [-0.39, 0.29) is 10.6 Å². The molecule has 1 rings (SSSR count). The molecule has 1 aromatic rings. The fourth-order valence-electron chi connectivity index (χ4n) is 1.38.